The summed E-state index contributed by atoms with van der Waals surface area (Å²) in [4.78, 5) is 12.7. The summed E-state index contributed by atoms with van der Waals surface area (Å²) >= 11 is 0. The van der Waals surface area contributed by atoms with Crippen LogP contribution in [0.2, 0.25) is 0 Å². The smallest absolute Gasteiger partial charge is 0.244 e. The Balaban J connectivity index is 2.29. The first-order valence-electron chi connectivity index (χ1n) is 8.31. The zero-order chi connectivity index (χ0) is 19.3. The average Bonchev–Trinajstić information content (AvgIpc) is 2.58. The monoisotopic (exact) mass is 378 g/mol. The molecule has 0 heterocycles. The first kappa shape index (κ1) is 19.9. The second-order valence-corrected chi connectivity index (χ2v) is 7.94. The first-order valence-corrected chi connectivity index (χ1v) is 10.2. The van der Waals surface area contributed by atoms with Crippen molar-refractivity contribution in [2.24, 2.45) is 0 Å². The number of amides is 1. The van der Waals surface area contributed by atoms with E-state index in [1.165, 1.54) is 24.3 Å². The van der Waals surface area contributed by atoms with Crippen LogP contribution in [0, 0.1) is 12.7 Å². The molecule has 1 atom stereocenters. The van der Waals surface area contributed by atoms with Gasteiger partial charge in [0, 0.05) is 6.54 Å². The highest BCUT2D eigenvalue weighted by Gasteiger charge is 2.32. The van der Waals surface area contributed by atoms with Crippen molar-refractivity contribution in [3.8, 4) is 0 Å². The molecule has 0 aliphatic rings. The highest BCUT2D eigenvalue weighted by molar-refractivity contribution is 7.92. The van der Waals surface area contributed by atoms with Gasteiger partial charge in [0.05, 0.1) is 11.9 Å². The summed E-state index contributed by atoms with van der Waals surface area (Å²) in [6, 6.07) is 12.1. The molecule has 140 valence electrons. The lowest BCUT2D eigenvalue weighted by Crippen LogP contribution is -2.49. The van der Waals surface area contributed by atoms with Gasteiger partial charge < -0.3 is 5.32 Å². The van der Waals surface area contributed by atoms with E-state index in [4.69, 9.17) is 0 Å². The Bertz CT molecular complexity index is 884. The van der Waals surface area contributed by atoms with Gasteiger partial charge in [-0.1, -0.05) is 43.3 Å². The minimum atomic E-state index is -3.86. The second kappa shape index (κ2) is 8.31. The molecule has 0 aliphatic carbocycles. The predicted molar refractivity (Wildman–Crippen MR) is 101 cm³/mol. The van der Waals surface area contributed by atoms with Gasteiger partial charge >= 0.3 is 0 Å². The number of hydrogen-bond acceptors (Lipinski definition) is 3. The minimum absolute atomic E-state index is 0.132. The lowest BCUT2D eigenvalue weighted by molar-refractivity contribution is -0.122. The van der Waals surface area contributed by atoms with Crippen LogP contribution in [0.4, 0.5) is 10.1 Å². The lowest BCUT2D eigenvalue weighted by atomic mass is 10.1. The zero-order valence-corrected chi connectivity index (χ0v) is 15.9. The Morgan fingerprint density at radius 1 is 1.15 bits per heavy atom. The Labute approximate surface area is 153 Å². The molecule has 0 saturated carbocycles. The fourth-order valence-electron chi connectivity index (χ4n) is 2.77. The molecule has 2 aromatic rings. The zero-order valence-electron chi connectivity index (χ0n) is 15.1. The van der Waals surface area contributed by atoms with Crippen LogP contribution in [0.1, 0.15) is 24.5 Å². The molecule has 0 aromatic heterocycles. The summed E-state index contributed by atoms with van der Waals surface area (Å²) < 4.78 is 39.6. The molecule has 1 unspecified atom stereocenters. The van der Waals surface area contributed by atoms with E-state index in [-0.39, 0.29) is 18.7 Å². The summed E-state index contributed by atoms with van der Waals surface area (Å²) in [7, 11) is -3.86. The van der Waals surface area contributed by atoms with Crippen molar-refractivity contribution in [3.63, 3.8) is 0 Å². The van der Waals surface area contributed by atoms with E-state index in [2.05, 4.69) is 5.32 Å². The fourth-order valence-corrected chi connectivity index (χ4v) is 3.99. The Hall–Kier alpha value is -2.41. The molecule has 0 aliphatic heterocycles. The molecule has 0 bridgehead atoms. The van der Waals surface area contributed by atoms with Gasteiger partial charge in [0.25, 0.3) is 0 Å². The molecule has 2 aromatic carbocycles. The molecule has 5 nitrogen and oxygen atoms in total. The Morgan fingerprint density at radius 3 is 2.35 bits per heavy atom. The molecule has 0 spiro atoms. The van der Waals surface area contributed by atoms with Crippen molar-refractivity contribution in [1.82, 2.24) is 5.32 Å². The van der Waals surface area contributed by atoms with Crippen molar-refractivity contribution >= 4 is 21.6 Å². The van der Waals surface area contributed by atoms with Crippen LogP contribution in [0.15, 0.2) is 48.5 Å². The predicted octanol–water partition coefficient (Wildman–Crippen LogP) is 3.00. The van der Waals surface area contributed by atoms with E-state index >= 15 is 0 Å². The van der Waals surface area contributed by atoms with Gasteiger partial charge in [-0.15, -0.1) is 0 Å². The summed E-state index contributed by atoms with van der Waals surface area (Å²) in [5.74, 6) is -1.16. The maximum Gasteiger partial charge on any atom is 0.244 e. The molecule has 1 N–H and O–H groups in total. The van der Waals surface area contributed by atoms with Gasteiger partial charge in [0.1, 0.15) is 11.9 Å². The van der Waals surface area contributed by atoms with Crippen LogP contribution in [0.25, 0.3) is 0 Å². The average molecular weight is 378 g/mol. The summed E-state index contributed by atoms with van der Waals surface area (Å²) in [6.07, 6.45) is 1.18. The SMILES string of the molecule is CCC(C(=O)NCc1ccccc1C)N(c1ccccc1F)S(C)(=O)=O. The minimum Gasteiger partial charge on any atom is -0.350 e. The van der Waals surface area contributed by atoms with Crippen molar-refractivity contribution in [1.29, 1.82) is 0 Å². The largest absolute Gasteiger partial charge is 0.350 e. The molecule has 0 saturated heterocycles. The van der Waals surface area contributed by atoms with E-state index < -0.39 is 27.8 Å². The number of sulfonamides is 1. The van der Waals surface area contributed by atoms with E-state index in [0.29, 0.717) is 0 Å². The van der Waals surface area contributed by atoms with Crippen molar-refractivity contribution in [3.05, 3.63) is 65.5 Å². The third-order valence-electron chi connectivity index (χ3n) is 4.13. The van der Waals surface area contributed by atoms with Crippen LogP contribution in [0.3, 0.4) is 0 Å². The first-order chi connectivity index (χ1) is 12.3. The van der Waals surface area contributed by atoms with Gasteiger partial charge in [-0.25, -0.2) is 12.8 Å². The normalized spacial score (nSPS) is 12.5. The van der Waals surface area contributed by atoms with Crippen LogP contribution in [-0.2, 0) is 21.4 Å². The Kier molecular flexibility index (Phi) is 6.37. The van der Waals surface area contributed by atoms with Gasteiger partial charge in [0.15, 0.2) is 0 Å². The highest BCUT2D eigenvalue weighted by atomic mass is 32.2. The summed E-state index contributed by atoms with van der Waals surface area (Å²) in [6.45, 7) is 3.90. The van der Waals surface area contributed by atoms with E-state index in [1.807, 2.05) is 31.2 Å². The number of rotatable bonds is 7. The van der Waals surface area contributed by atoms with Crippen LogP contribution < -0.4 is 9.62 Å². The quantitative estimate of drug-likeness (QED) is 0.805. The number of carbonyl (C=O) groups excluding carboxylic acids is 1. The van der Waals surface area contributed by atoms with E-state index in [9.17, 15) is 17.6 Å². The number of aryl methyl sites for hydroxylation is 1. The number of halogens is 1. The van der Waals surface area contributed by atoms with Gasteiger partial charge in [0.2, 0.25) is 15.9 Å². The molecule has 0 fully saturated rings. The van der Waals surface area contributed by atoms with E-state index in [1.54, 1.807) is 6.92 Å². The Morgan fingerprint density at radius 2 is 1.77 bits per heavy atom. The van der Waals surface area contributed by atoms with Crippen LogP contribution >= 0.6 is 0 Å². The third-order valence-corrected chi connectivity index (χ3v) is 5.30. The molecular weight excluding hydrogens is 355 g/mol. The van der Waals surface area contributed by atoms with Gasteiger partial charge in [-0.05, 0) is 36.6 Å². The van der Waals surface area contributed by atoms with Crippen molar-refractivity contribution in [2.45, 2.75) is 32.9 Å². The number of nitrogens with zero attached hydrogens (tertiary/aromatic N) is 1. The maximum atomic E-state index is 14.2. The maximum absolute atomic E-state index is 14.2. The number of anilines is 1. The fraction of sp³-hybridized carbons (Fsp3) is 0.316. The second-order valence-electron chi connectivity index (χ2n) is 6.08. The molecule has 7 heteroatoms. The number of benzene rings is 2. The van der Waals surface area contributed by atoms with Gasteiger partial charge in [-0.3, -0.25) is 9.10 Å². The number of para-hydroxylation sites is 1. The number of nitrogens with one attached hydrogen (secondary N) is 1. The number of hydrogen-bond donors (Lipinski definition) is 1. The van der Waals surface area contributed by atoms with Crippen LogP contribution in [0.5, 0.6) is 0 Å². The van der Waals surface area contributed by atoms with E-state index in [0.717, 1.165) is 21.7 Å². The lowest BCUT2D eigenvalue weighted by Gasteiger charge is -2.30. The standard InChI is InChI=1S/C19H23FN2O3S/c1-4-17(19(23)21-13-15-10-6-5-9-14(15)2)22(26(3,24)25)18-12-8-7-11-16(18)20/h5-12,17H,4,13H2,1-3H3,(H,21,23). The van der Waals surface area contributed by atoms with Crippen molar-refractivity contribution < 1.29 is 17.6 Å². The molecule has 1 amide bonds. The molecule has 2 rings (SSSR count). The molecule has 0 radical (unpaired) electrons. The molecule has 26 heavy (non-hydrogen) atoms. The summed E-state index contributed by atoms with van der Waals surface area (Å²) in [5, 5.41) is 2.77. The molecular formula is C19H23FN2O3S. The number of carbonyl (C=O) groups is 1. The van der Waals surface area contributed by atoms with Crippen LogP contribution in [-0.4, -0.2) is 26.6 Å². The van der Waals surface area contributed by atoms with Crippen molar-refractivity contribution in [2.75, 3.05) is 10.6 Å². The highest BCUT2D eigenvalue weighted by Crippen LogP contribution is 2.25. The summed E-state index contributed by atoms with van der Waals surface area (Å²) in [5.41, 5.74) is 1.83. The third kappa shape index (κ3) is 4.60. The topological polar surface area (TPSA) is 66.5 Å². The van der Waals surface area contributed by atoms with Gasteiger partial charge in [-0.2, -0.15) is 0 Å².